The lowest BCUT2D eigenvalue weighted by Crippen LogP contribution is -2.47. The van der Waals surface area contributed by atoms with Crippen molar-refractivity contribution < 1.29 is 23.8 Å². The van der Waals surface area contributed by atoms with Gasteiger partial charge in [-0.2, -0.15) is 0 Å². The van der Waals surface area contributed by atoms with Gasteiger partial charge in [-0.25, -0.2) is 4.79 Å². The molecule has 1 atom stereocenters. The highest BCUT2D eigenvalue weighted by atomic mass is 16.5. The number of methoxy groups -OCH3 is 1. The summed E-state index contributed by atoms with van der Waals surface area (Å²) in [6.45, 7) is 0.750. The van der Waals surface area contributed by atoms with Crippen LogP contribution in [-0.4, -0.2) is 43.7 Å². The molecule has 27 heavy (non-hydrogen) atoms. The van der Waals surface area contributed by atoms with Crippen molar-refractivity contribution in [2.24, 2.45) is 0 Å². The second-order valence-electron chi connectivity index (χ2n) is 6.41. The number of amides is 3. The van der Waals surface area contributed by atoms with Gasteiger partial charge in [0.05, 0.1) is 20.3 Å². The largest absolute Gasteiger partial charge is 0.497 e. The summed E-state index contributed by atoms with van der Waals surface area (Å²) in [5, 5.41) is 2.87. The highest BCUT2D eigenvalue weighted by molar-refractivity contribution is 6.07. The van der Waals surface area contributed by atoms with Crippen LogP contribution in [0.1, 0.15) is 12.0 Å². The normalized spacial score (nSPS) is 20.9. The smallest absolute Gasteiger partial charge is 0.325 e. The summed E-state index contributed by atoms with van der Waals surface area (Å²) in [6.07, 6.45) is 0.407. The number of hydrogen-bond donors (Lipinski definition) is 1. The summed E-state index contributed by atoms with van der Waals surface area (Å²) in [5.74, 6) is 1.75. The molecule has 1 unspecified atom stereocenters. The first-order valence-electron chi connectivity index (χ1n) is 8.77. The summed E-state index contributed by atoms with van der Waals surface area (Å²) in [5.41, 5.74) is -0.348. The maximum Gasteiger partial charge on any atom is 0.325 e. The van der Waals surface area contributed by atoms with Crippen LogP contribution >= 0.6 is 0 Å². The molecule has 2 heterocycles. The molecule has 2 aliphatic rings. The molecule has 0 aliphatic carbocycles. The van der Waals surface area contributed by atoms with Gasteiger partial charge in [0.25, 0.3) is 5.91 Å². The molecule has 0 aromatic heterocycles. The van der Waals surface area contributed by atoms with Crippen molar-refractivity contribution in [1.29, 1.82) is 0 Å². The Morgan fingerprint density at radius 1 is 1.11 bits per heavy atom. The van der Waals surface area contributed by atoms with Gasteiger partial charge in [-0.1, -0.05) is 18.2 Å². The average molecular weight is 368 g/mol. The lowest BCUT2D eigenvalue weighted by Gasteiger charge is -2.33. The highest BCUT2D eigenvalue weighted by Crippen LogP contribution is 2.40. The molecule has 0 bridgehead atoms. The van der Waals surface area contributed by atoms with Crippen LogP contribution in [0.3, 0.4) is 0 Å². The van der Waals surface area contributed by atoms with Gasteiger partial charge in [-0.3, -0.25) is 9.69 Å². The van der Waals surface area contributed by atoms with E-state index in [4.69, 9.17) is 14.2 Å². The minimum absolute atomic E-state index is 0.168. The Bertz CT molecular complexity index is 867. The van der Waals surface area contributed by atoms with E-state index >= 15 is 0 Å². The summed E-state index contributed by atoms with van der Waals surface area (Å²) in [6, 6.07) is 14.0. The second-order valence-corrected chi connectivity index (χ2v) is 6.41. The summed E-state index contributed by atoms with van der Waals surface area (Å²) in [7, 11) is 1.59. The average Bonchev–Trinajstić information content (AvgIpc) is 2.93. The molecule has 140 valence electrons. The Kier molecular flexibility index (Phi) is 4.35. The van der Waals surface area contributed by atoms with Crippen LogP contribution < -0.4 is 19.5 Å². The van der Waals surface area contributed by atoms with Crippen LogP contribution in [0.5, 0.6) is 17.2 Å². The number of benzene rings is 2. The molecular formula is C20H20N2O5. The molecule has 3 amide bonds. The lowest BCUT2D eigenvalue weighted by molar-refractivity contribution is -0.132. The van der Waals surface area contributed by atoms with E-state index in [2.05, 4.69) is 5.32 Å². The molecule has 2 aromatic carbocycles. The number of imide groups is 1. The Morgan fingerprint density at radius 2 is 1.85 bits per heavy atom. The Labute approximate surface area is 156 Å². The maximum absolute atomic E-state index is 13.1. The number of hydrogen-bond acceptors (Lipinski definition) is 5. The van der Waals surface area contributed by atoms with Crippen LogP contribution in [-0.2, 0) is 10.3 Å². The van der Waals surface area contributed by atoms with Gasteiger partial charge in [0.15, 0.2) is 5.54 Å². The van der Waals surface area contributed by atoms with Gasteiger partial charge in [-0.15, -0.1) is 0 Å². The number of nitrogens with zero attached hydrogens (tertiary/aromatic N) is 1. The number of nitrogens with one attached hydrogen (secondary N) is 1. The molecule has 1 fully saturated rings. The monoisotopic (exact) mass is 368 g/mol. The van der Waals surface area contributed by atoms with E-state index in [1.54, 1.807) is 31.4 Å². The van der Waals surface area contributed by atoms with Gasteiger partial charge in [0, 0.05) is 12.0 Å². The van der Waals surface area contributed by atoms with E-state index < -0.39 is 11.6 Å². The lowest BCUT2D eigenvalue weighted by atomic mass is 9.84. The van der Waals surface area contributed by atoms with Gasteiger partial charge in [0.2, 0.25) is 0 Å². The topological polar surface area (TPSA) is 77.1 Å². The van der Waals surface area contributed by atoms with Crippen molar-refractivity contribution in [1.82, 2.24) is 10.2 Å². The molecule has 1 N–H and O–H groups in total. The number of para-hydroxylation sites is 1. The Hall–Kier alpha value is -3.22. The van der Waals surface area contributed by atoms with Gasteiger partial charge in [-0.05, 0) is 30.3 Å². The van der Waals surface area contributed by atoms with Crippen molar-refractivity contribution in [3.05, 3.63) is 54.1 Å². The zero-order valence-corrected chi connectivity index (χ0v) is 14.9. The molecule has 1 saturated heterocycles. The molecule has 7 heteroatoms. The predicted molar refractivity (Wildman–Crippen MR) is 97.0 cm³/mol. The number of ether oxygens (including phenoxy) is 3. The minimum Gasteiger partial charge on any atom is -0.497 e. The van der Waals surface area contributed by atoms with Crippen molar-refractivity contribution in [3.63, 3.8) is 0 Å². The summed E-state index contributed by atoms with van der Waals surface area (Å²) in [4.78, 5) is 26.8. The second kappa shape index (κ2) is 6.83. The van der Waals surface area contributed by atoms with Crippen LogP contribution in [0.4, 0.5) is 4.79 Å². The van der Waals surface area contributed by atoms with Crippen molar-refractivity contribution in [2.75, 3.05) is 26.9 Å². The fourth-order valence-electron chi connectivity index (χ4n) is 3.50. The third-order valence-corrected chi connectivity index (χ3v) is 4.90. The summed E-state index contributed by atoms with van der Waals surface area (Å²) < 4.78 is 16.4. The third-order valence-electron chi connectivity index (χ3n) is 4.90. The predicted octanol–water partition coefficient (Wildman–Crippen LogP) is 2.30. The number of rotatable bonds is 5. The first-order chi connectivity index (χ1) is 13.1. The molecule has 4 rings (SSSR count). The van der Waals surface area contributed by atoms with Crippen molar-refractivity contribution >= 4 is 11.9 Å². The van der Waals surface area contributed by atoms with Gasteiger partial charge in [0.1, 0.15) is 23.9 Å². The third kappa shape index (κ3) is 2.95. The fourth-order valence-corrected chi connectivity index (χ4v) is 3.50. The molecule has 0 radical (unpaired) electrons. The van der Waals surface area contributed by atoms with E-state index in [0.29, 0.717) is 30.1 Å². The zero-order chi connectivity index (χ0) is 18.9. The first kappa shape index (κ1) is 17.2. The molecule has 7 nitrogen and oxygen atoms in total. The standard InChI is InChI=1S/C20H20N2O5/c1-25-14-6-8-15(9-7-14)26-13-11-22-18(23)20(21-19(22)24)10-12-27-17-5-3-2-4-16(17)20/h2-9H,10-13H2,1H3,(H,21,24). The number of urea groups is 1. The fraction of sp³-hybridized carbons (Fsp3) is 0.300. The summed E-state index contributed by atoms with van der Waals surface area (Å²) >= 11 is 0. The maximum atomic E-state index is 13.1. The zero-order valence-electron chi connectivity index (χ0n) is 14.9. The van der Waals surface area contributed by atoms with Crippen LogP contribution in [0, 0.1) is 0 Å². The molecule has 2 aliphatic heterocycles. The SMILES string of the molecule is COc1ccc(OCCN2C(=O)NC3(CCOc4ccccc43)C2=O)cc1. The van der Waals surface area contributed by atoms with Crippen LogP contribution in [0.2, 0.25) is 0 Å². The van der Waals surface area contributed by atoms with Crippen LogP contribution in [0.15, 0.2) is 48.5 Å². The number of carbonyl (C=O) groups excluding carboxylic acids is 2. The number of fused-ring (bicyclic) bond motifs is 2. The molecular weight excluding hydrogens is 348 g/mol. The Morgan fingerprint density at radius 3 is 2.63 bits per heavy atom. The van der Waals surface area contributed by atoms with Gasteiger partial charge < -0.3 is 19.5 Å². The highest BCUT2D eigenvalue weighted by Gasteiger charge is 2.54. The van der Waals surface area contributed by atoms with Gasteiger partial charge >= 0.3 is 6.03 Å². The van der Waals surface area contributed by atoms with E-state index in [9.17, 15) is 9.59 Å². The minimum atomic E-state index is -1.05. The van der Waals surface area contributed by atoms with Crippen molar-refractivity contribution in [3.8, 4) is 17.2 Å². The molecule has 0 saturated carbocycles. The number of carbonyl (C=O) groups is 2. The van der Waals surface area contributed by atoms with E-state index in [-0.39, 0.29) is 19.1 Å². The first-order valence-corrected chi connectivity index (χ1v) is 8.77. The molecule has 1 spiro atoms. The van der Waals surface area contributed by atoms with E-state index in [1.807, 2.05) is 24.3 Å². The van der Waals surface area contributed by atoms with Crippen molar-refractivity contribution in [2.45, 2.75) is 12.0 Å². The quantitative estimate of drug-likeness (QED) is 0.820. The van der Waals surface area contributed by atoms with E-state index in [0.717, 1.165) is 5.75 Å². The van der Waals surface area contributed by atoms with E-state index in [1.165, 1.54) is 4.90 Å². The molecule has 2 aromatic rings. The van der Waals surface area contributed by atoms with Crippen LogP contribution in [0.25, 0.3) is 0 Å². The Balaban J connectivity index is 1.46.